The monoisotopic (exact) mass is 398 g/mol. The van der Waals surface area contributed by atoms with E-state index in [1.165, 1.54) is 30.7 Å². The number of benzene rings is 2. The van der Waals surface area contributed by atoms with E-state index in [0.717, 1.165) is 25.7 Å². The number of unbranched alkanes of at least 4 members (excludes halogenated alkanes) is 5. The molecule has 0 aromatic heterocycles. The van der Waals surface area contributed by atoms with Crippen LogP contribution < -0.4 is 0 Å². The van der Waals surface area contributed by atoms with Crippen LogP contribution in [0.25, 0.3) is 0 Å². The molecule has 5 nitrogen and oxygen atoms in total. The Morgan fingerprint density at radius 2 is 1.38 bits per heavy atom. The van der Waals surface area contributed by atoms with Gasteiger partial charge in [0.25, 0.3) is 0 Å². The summed E-state index contributed by atoms with van der Waals surface area (Å²) < 4.78 is 0. The molecule has 3 N–H and O–H groups in total. The Bertz CT molecular complexity index is 785. The lowest BCUT2D eigenvalue weighted by molar-refractivity contribution is -0.150. The highest BCUT2D eigenvalue weighted by Crippen LogP contribution is 2.40. The van der Waals surface area contributed by atoms with Crippen molar-refractivity contribution in [1.82, 2.24) is 0 Å². The van der Waals surface area contributed by atoms with Crippen LogP contribution in [0.3, 0.4) is 0 Å². The first-order chi connectivity index (χ1) is 13.9. The maximum absolute atomic E-state index is 12.2. The molecular formula is C24H30O5. The van der Waals surface area contributed by atoms with Gasteiger partial charge in [-0.3, -0.25) is 4.79 Å². The van der Waals surface area contributed by atoms with Gasteiger partial charge in [0.05, 0.1) is 11.5 Å². The second kappa shape index (κ2) is 10.8. The summed E-state index contributed by atoms with van der Waals surface area (Å²) in [4.78, 5) is 23.3. The molecule has 2 rings (SSSR count). The lowest BCUT2D eigenvalue weighted by Crippen LogP contribution is -2.41. The molecule has 0 bridgehead atoms. The van der Waals surface area contributed by atoms with E-state index in [0.29, 0.717) is 24.0 Å². The molecule has 0 spiro atoms. The van der Waals surface area contributed by atoms with Crippen LogP contribution in [0.1, 0.15) is 73.4 Å². The zero-order valence-corrected chi connectivity index (χ0v) is 16.9. The van der Waals surface area contributed by atoms with E-state index in [1.54, 1.807) is 30.3 Å². The topological polar surface area (TPSA) is 94.8 Å². The van der Waals surface area contributed by atoms with Crippen molar-refractivity contribution in [2.75, 3.05) is 0 Å². The van der Waals surface area contributed by atoms with Crippen LogP contribution in [-0.4, -0.2) is 27.3 Å². The first kappa shape index (κ1) is 22.6. The minimum absolute atomic E-state index is 0.0898. The predicted octanol–water partition coefficient (Wildman–Crippen LogP) is 5.07. The average molecular weight is 398 g/mol. The highest BCUT2D eigenvalue weighted by molar-refractivity contribution is 5.87. The van der Waals surface area contributed by atoms with Gasteiger partial charge in [-0.25, -0.2) is 4.79 Å². The smallest absolute Gasteiger partial charge is 0.335 e. The van der Waals surface area contributed by atoms with Crippen molar-refractivity contribution < 1.29 is 24.9 Å². The van der Waals surface area contributed by atoms with E-state index >= 15 is 0 Å². The highest BCUT2D eigenvalue weighted by atomic mass is 16.4. The largest absolute Gasteiger partial charge is 0.481 e. The Hall–Kier alpha value is -2.66. The van der Waals surface area contributed by atoms with Gasteiger partial charge in [0.2, 0.25) is 0 Å². The molecule has 0 fully saturated rings. The van der Waals surface area contributed by atoms with Gasteiger partial charge in [-0.05, 0) is 29.7 Å². The molecule has 2 aromatic rings. The summed E-state index contributed by atoms with van der Waals surface area (Å²) in [6, 6.07) is 14.6. The number of aromatic carboxylic acids is 1. The standard InChI is InChI=1S/C24H30O5/c1-2-3-4-5-6-10-13-21(23(27)28)24(29,19-11-8-7-9-12-19)20-16-14-18(15-17-20)22(25)26/h7-9,11-12,14-17,21,29H,2-6,10,13H2,1H3,(H,25,26)(H,27,28). The van der Waals surface area contributed by atoms with Crippen LogP contribution in [0.5, 0.6) is 0 Å². The molecule has 0 heterocycles. The number of aliphatic hydroxyl groups is 1. The number of hydrogen-bond donors (Lipinski definition) is 3. The molecule has 29 heavy (non-hydrogen) atoms. The first-order valence-electron chi connectivity index (χ1n) is 10.3. The lowest BCUT2D eigenvalue weighted by atomic mass is 9.73. The fraction of sp³-hybridized carbons (Fsp3) is 0.417. The number of rotatable bonds is 12. The Kier molecular flexibility index (Phi) is 8.40. The normalized spacial score (nSPS) is 14.1. The van der Waals surface area contributed by atoms with Gasteiger partial charge < -0.3 is 15.3 Å². The first-order valence-corrected chi connectivity index (χ1v) is 10.3. The molecule has 0 radical (unpaired) electrons. The van der Waals surface area contributed by atoms with E-state index in [-0.39, 0.29) is 5.56 Å². The van der Waals surface area contributed by atoms with Crippen molar-refractivity contribution in [3.8, 4) is 0 Å². The van der Waals surface area contributed by atoms with Gasteiger partial charge in [0.1, 0.15) is 5.60 Å². The number of hydrogen-bond acceptors (Lipinski definition) is 3. The van der Waals surface area contributed by atoms with E-state index in [1.807, 2.05) is 0 Å². The molecule has 2 aromatic carbocycles. The summed E-state index contributed by atoms with van der Waals surface area (Å²) in [5, 5.41) is 30.8. The van der Waals surface area contributed by atoms with E-state index in [4.69, 9.17) is 5.11 Å². The van der Waals surface area contributed by atoms with Gasteiger partial charge >= 0.3 is 11.9 Å². The van der Waals surface area contributed by atoms with Crippen molar-refractivity contribution in [1.29, 1.82) is 0 Å². The summed E-state index contributed by atoms with van der Waals surface area (Å²) in [7, 11) is 0. The maximum Gasteiger partial charge on any atom is 0.335 e. The second-order valence-corrected chi connectivity index (χ2v) is 7.46. The van der Waals surface area contributed by atoms with Crippen LogP contribution in [0.4, 0.5) is 0 Å². The summed E-state index contributed by atoms with van der Waals surface area (Å²) in [6.07, 6.45) is 6.48. The molecule has 0 aliphatic carbocycles. The van der Waals surface area contributed by atoms with Gasteiger partial charge in [-0.15, -0.1) is 0 Å². The zero-order chi connectivity index (χ0) is 21.3. The Morgan fingerprint density at radius 3 is 1.93 bits per heavy atom. The number of aliphatic carboxylic acids is 1. The summed E-state index contributed by atoms with van der Waals surface area (Å²) in [5.74, 6) is -3.17. The van der Waals surface area contributed by atoms with Gasteiger partial charge in [0, 0.05) is 0 Å². The third kappa shape index (κ3) is 5.67. The fourth-order valence-corrected chi connectivity index (χ4v) is 3.77. The second-order valence-electron chi connectivity index (χ2n) is 7.46. The van der Waals surface area contributed by atoms with E-state index in [9.17, 15) is 19.8 Å². The van der Waals surface area contributed by atoms with Crippen molar-refractivity contribution in [3.63, 3.8) is 0 Å². The molecular weight excluding hydrogens is 368 g/mol. The molecule has 0 amide bonds. The van der Waals surface area contributed by atoms with E-state index in [2.05, 4.69) is 6.92 Å². The van der Waals surface area contributed by atoms with Crippen LogP contribution in [0.2, 0.25) is 0 Å². The molecule has 156 valence electrons. The molecule has 0 aliphatic heterocycles. The summed E-state index contributed by atoms with van der Waals surface area (Å²) in [5.41, 5.74) is -0.784. The van der Waals surface area contributed by atoms with Crippen LogP contribution in [0, 0.1) is 5.92 Å². The van der Waals surface area contributed by atoms with Gasteiger partial charge in [0.15, 0.2) is 0 Å². The number of carbonyl (C=O) groups is 2. The minimum Gasteiger partial charge on any atom is -0.481 e. The number of carboxylic acid groups (broad SMARTS) is 2. The lowest BCUT2D eigenvalue weighted by Gasteiger charge is -2.35. The quantitative estimate of drug-likeness (QED) is 0.434. The minimum atomic E-state index is -1.74. The zero-order valence-electron chi connectivity index (χ0n) is 16.9. The average Bonchev–Trinajstić information content (AvgIpc) is 2.73. The molecule has 5 heteroatoms. The summed E-state index contributed by atoms with van der Waals surface area (Å²) in [6.45, 7) is 2.15. The summed E-state index contributed by atoms with van der Waals surface area (Å²) >= 11 is 0. The maximum atomic E-state index is 12.2. The van der Waals surface area contributed by atoms with Crippen LogP contribution in [-0.2, 0) is 10.4 Å². The van der Waals surface area contributed by atoms with Gasteiger partial charge in [-0.1, -0.05) is 87.9 Å². The number of carboxylic acids is 2. The van der Waals surface area contributed by atoms with Crippen LogP contribution in [0.15, 0.2) is 54.6 Å². The Morgan fingerprint density at radius 1 is 0.828 bits per heavy atom. The van der Waals surface area contributed by atoms with Crippen molar-refractivity contribution in [2.45, 2.75) is 57.5 Å². The molecule has 2 unspecified atom stereocenters. The SMILES string of the molecule is CCCCCCCCC(C(=O)O)C(O)(c1ccccc1)c1ccc(C(=O)O)cc1. The predicted molar refractivity (Wildman–Crippen MR) is 112 cm³/mol. The third-order valence-electron chi connectivity index (χ3n) is 5.43. The highest BCUT2D eigenvalue weighted by Gasteiger charge is 2.44. The van der Waals surface area contributed by atoms with Crippen molar-refractivity contribution in [3.05, 3.63) is 71.3 Å². The van der Waals surface area contributed by atoms with E-state index < -0.39 is 23.5 Å². The third-order valence-corrected chi connectivity index (χ3v) is 5.43. The van der Waals surface area contributed by atoms with Crippen molar-refractivity contribution >= 4 is 11.9 Å². The van der Waals surface area contributed by atoms with Gasteiger partial charge in [-0.2, -0.15) is 0 Å². The Balaban J connectivity index is 2.34. The Labute approximate surface area is 172 Å². The van der Waals surface area contributed by atoms with Crippen molar-refractivity contribution in [2.24, 2.45) is 5.92 Å². The fourth-order valence-electron chi connectivity index (χ4n) is 3.77. The molecule has 0 aliphatic rings. The molecule has 2 atom stereocenters. The molecule has 0 saturated carbocycles. The molecule has 0 saturated heterocycles. The van der Waals surface area contributed by atoms with Crippen LogP contribution >= 0.6 is 0 Å².